The molecule has 0 atom stereocenters. The summed E-state index contributed by atoms with van der Waals surface area (Å²) >= 11 is 0. The second kappa shape index (κ2) is 9.50. The van der Waals surface area contributed by atoms with Crippen molar-refractivity contribution in [1.29, 1.82) is 0 Å². The number of hydrogen-bond acceptors (Lipinski definition) is 7. The first-order chi connectivity index (χ1) is 14.1. The molecule has 0 aliphatic rings. The average molecular weight is 392 g/mol. The van der Waals surface area contributed by atoms with Crippen molar-refractivity contribution in [3.63, 3.8) is 0 Å². The fourth-order valence-corrected chi connectivity index (χ4v) is 2.94. The van der Waals surface area contributed by atoms with Gasteiger partial charge in [0.25, 0.3) is 0 Å². The average Bonchev–Trinajstić information content (AvgIpc) is 2.76. The Bertz CT molecular complexity index is 897. The van der Waals surface area contributed by atoms with Crippen molar-refractivity contribution in [1.82, 2.24) is 9.97 Å². The van der Waals surface area contributed by atoms with E-state index in [-0.39, 0.29) is 11.5 Å². The Labute approximate surface area is 170 Å². The van der Waals surface area contributed by atoms with Gasteiger partial charge in [-0.15, -0.1) is 0 Å². The van der Waals surface area contributed by atoms with Crippen molar-refractivity contribution in [3.05, 3.63) is 77.1 Å². The van der Waals surface area contributed by atoms with Crippen LogP contribution in [0.3, 0.4) is 0 Å². The summed E-state index contributed by atoms with van der Waals surface area (Å²) in [7, 11) is 1.81. The van der Waals surface area contributed by atoms with Crippen LogP contribution in [0.15, 0.2) is 67.0 Å². The number of nitro groups is 1. The van der Waals surface area contributed by atoms with Gasteiger partial charge in [0, 0.05) is 13.6 Å². The van der Waals surface area contributed by atoms with Crippen LogP contribution in [0.25, 0.3) is 0 Å². The summed E-state index contributed by atoms with van der Waals surface area (Å²) in [5.74, 6) is 0.429. The summed E-state index contributed by atoms with van der Waals surface area (Å²) in [5.41, 5.74) is 4.63. The molecular weight excluding hydrogens is 368 g/mol. The molecule has 0 amide bonds. The zero-order valence-corrected chi connectivity index (χ0v) is 16.5. The normalized spacial score (nSPS) is 10.4. The maximum atomic E-state index is 11.9. The molecule has 2 aromatic carbocycles. The maximum absolute atomic E-state index is 11.9. The van der Waals surface area contributed by atoms with E-state index in [9.17, 15) is 10.1 Å². The molecule has 8 heteroatoms. The highest BCUT2D eigenvalue weighted by Gasteiger charge is 2.27. The summed E-state index contributed by atoms with van der Waals surface area (Å²) in [5, 5.41) is 13.7. The Balaban J connectivity index is 2.03. The number of hydrazine groups is 1. The van der Waals surface area contributed by atoms with Crippen LogP contribution >= 0.6 is 0 Å². The van der Waals surface area contributed by atoms with E-state index in [0.29, 0.717) is 12.4 Å². The van der Waals surface area contributed by atoms with Gasteiger partial charge in [-0.1, -0.05) is 49.7 Å². The van der Waals surface area contributed by atoms with Gasteiger partial charge in [-0.3, -0.25) is 20.5 Å². The Hall–Kier alpha value is -3.68. The number of benzene rings is 2. The largest absolute Gasteiger partial charge is 0.355 e. The van der Waals surface area contributed by atoms with Crippen LogP contribution in [0, 0.1) is 10.1 Å². The van der Waals surface area contributed by atoms with Crippen LogP contribution in [0.4, 0.5) is 28.7 Å². The Morgan fingerprint density at radius 2 is 1.59 bits per heavy atom. The van der Waals surface area contributed by atoms with E-state index < -0.39 is 4.92 Å². The molecule has 0 bridgehead atoms. The van der Waals surface area contributed by atoms with Crippen molar-refractivity contribution in [2.45, 2.75) is 19.8 Å². The quantitative estimate of drug-likeness (QED) is 0.414. The Morgan fingerprint density at radius 3 is 2.10 bits per heavy atom. The molecule has 3 aromatic rings. The van der Waals surface area contributed by atoms with Gasteiger partial charge in [0.15, 0.2) is 0 Å². The lowest BCUT2D eigenvalue weighted by molar-refractivity contribution is -0.383. The Kier molecular flexibility index (Phi) is 6.57. The van der Waals surface area contributed by atoms with E-state index >= 15 is 0 Å². The number of nitrogens with zero attached hydrogens (tertiary/aromatic N) is 5. The predicted molar refractivity (Wildman–Crippen MR) is 116 cm³/mol. The number of para-hydroxylation sites is 2. The van der Waals surface area contributed by atoms with Gasteiger partial charge >= 0.3 is 5.69 Å². The molecule has 8 nitrogen and oxygen atoms in total. The van der Waals surface area contributed by atoms with Gasteiger partial charge in [-0.2, -0.15) is 0 Å². The van der Waals surface area contributed by atoms with E-state index in [1.807, 2.05) is 60.7 Å². The Morgan fingerprint density at radius 1 is 1.00 bits per heavy atom. The number of aromatic nitrogens is 2. The zero-order chi connectivity index (χ0) is 20.6. The van der Waals surface area contributed by atoms with E-state index in [1.54, 1.807) is 17.0 Å². The van der Waals surface area contributed by atoms with Gasteiger partial charge in [-0.25, -0.2) is 9.97 Å². The predicted octanol–water partition coefficient (Wildman–Crippen LogP) is 4.79. The second-order valence-electron chi connectivity index (χ2n) is 6.55. The molecule has 1 heterocycles. The third-order valence-electron chi connectivity index (χ3n) is 4.44. The number of anilines is 4. The molecule has 1 aromatic heterocycles. The van der Waals surface area contributed by atoms with Crippen molar-refractivity contribution >= 4 is 28.7 Å². The summed E-state index contributed by atoms with van der Waals surface area (Å²) in [6.45, 7) is 2.75. The SMILES string of the molecule is CCCCN(C)c1ncnc(NN(c2ccccc2)c2ccccc2)c1[N+](=O)[O-]. The molecule has 0 aliphatic carbocycles. The molecule has 0 saturated heterocycles. The lowest BCUT2D eigenvalue weighted by atomic mass is 10.2. The molecular formula is C21H24N6O2. The third-order valence-corrected chi connectivity index (χ3v) is 4.44. The second-order valence-corrected chi connectivity index (χ2v) is 6.55. The highest BCUT2D eigenvalue weighted by Crippen LogP contribution is 2.34. The van der Waals surface area contributed by atoms with Gasteiger partial charge in [0.2, 0.25) is 11.6 Å². The van der Waals surface area contributed by atoms with Crippen LogP contribution in [0.5, 0.6) is 0 Å². The number of unbranched alkanes of at least 4 members (excludes halogenated alkanes) is 1. The summed E-state index contributed by atoms with van der Waals surface area (Å²) in [6.07, 6.45) is 3.26. The van der Waals surface area contributed by atoms with E-state index in [0.717, 1.165) is 24.2 Å². The molecule has 0 radical (unpaired) electrons. The number of rotatable bonds is 9. The van der Waals surface area contributed by atoms with Crippen LogP contribution in [0.1, 0.15) is 19.8 Å². The topological polar surface area (TPSA) is 87.4 Å². The molecule has 0 spiro atoms. The van der Waals surface area contributed by atoms with E-state index in [1.165, 1.54) is 6.33 Å². The summed E-state index contributed by atoms with van der Waals surface area (Å²) < 4.78 is 0. The first-order valence-corrected chi connectivity index (χ1v) is 9.49. The molecule has 29 heavy (non-hydrogen) atoms. The van der Waals surface area contributed by atoms with Gasteiger partial charge in [0.05, 0.1) is 16.3 Å². The highest BCUT2D eigenvalue weighted by atomic mass is 16.6. The van der Waals surface area contributed by atoms with Crippen molar-refractivity contribution in [2.24, 2.45) is 0 Å². The minimum absolute atomic E-state index is 0.135. The third kappa shape index (κ3) is 4.78. The van der Waals surface area contributed by atoms with Crippen LogP contribution < -0.4 is 15.3 Å². The zero-order valence-electron chi connectivity index (χ0n) is 16.5. The minimum atomic E-state index is -0.436. The smallest absolute Gasteiger partial charge is 0.354 e. The summed E-state index contributed by atoms with van der Waals surface area (Å²) in [6, 6.07) is 19.1. The van der Waals surface area contributed by atoms with Crippen molar-refractivity contribution in [3.8, 4) is 0 Å². The van der Waals surface area contributed by atoms with Crippen LogP contribution in [0.2, 0.25) is 0 Å². The van der Waals surface area contributed by atoms with E-state index in [4.69, 9.17) is 0 Å². The standard InChI is InChI=1S/C21H24N6O2/c1-3-4-15-25(2)21-19(27(28)29)20(22-16-23-21)24-26(17-11-7-5-8-12-17)18-13-9-6-10-14-18/h5-14,16H,3-4,15H2,1-2H3,(H,22,23,24). The number of nitrogens with one attached hydrogen (secondary N) is 1. The lowest BCUT2D eigenvalue weighted by Crippen LogP contribution is -2.27. The number of hydrogen-bond donors (Lipinski definition) is 1. The molecule has 0 unspecified atom stereocenters. The van der Waals surface area contributed by atoms with Crippen LogP contribution in [-0.2, 0) is 0 Å². The molecule has 0 saturated carbocycles. The molecule has 1 N–H and O–H groups in total. The first-order valence-electron chi connectivity index (χ1n) is 9.49. The van der Waals surface area contributed by atoms with Gasteiger partial charge in [-0.05, 0) is 30.7 Å². The van der Waals surface area contributed by atoms with Gasteiger partial charge in [0.1, 0.15) is 6.33 Å². The maximum Gasteiger partial charge on any atom is 0.355 e. The van der Waals surface area contributed by atoms with Crippen LogP contribution in [-0.4, -0.2) is 28.5 Å². The molecule has 3 rings (SSSR count). The molecule has 150 valence electrons. The molecule has 0 aliphatic heterocycles. The van der Waals surface area contributed by atoms with Gasteiger partial charge < -0.3 is 4.90 Å². The van der Waals surface area contributed by atoms with E-state index in [2.05, 4.69) is 22.3 Å². The minimum Gasteiger partial charge on any atom is -0.354 e. The summed E-state index contributed by atoms with van der Waals surface area (Å²) in [4.78, 5) is 21.6. The highest BCUT2D eigenvalue weighted by molar-refractivity contribution is 5.75. The first kappa shape index (κ1) is 20.1. The molecule has 0 fully saturated rings. The monoisotopic (exact) mass is 392 g/mol. The lowest BCUT2D eigenvalue weighted by Gasteiger charge is -2.26. The van der Waals surface area contributed by atoms with Crippen molar-refractivity contribution < 1.29 is 4.92 Å². The fourth-order valence-electron chi connectivity index (χ4n) is 2.94. The van der Waals surface area contributed by atoms with Crippen molar-refractivity contribution in [2.75, 3.05) is 28.9 Å². The fraction of sp³-hybridized carbons (Fsp3) is 0.238.